The number of nitriles is 1. The Balaban J connectivity index is 2.23. The van der Waals surface area contributed by atoms with E-state index in [4.69, 9.17) is 27.9 Å². The highest BCUT2D eigenvalue weighted by Crippen LogP contribution is 2.30. The summed E-state index contributed by atoms with van der Waals surface area (Å²) in [5.74, 6) is 0.0577. The summed E-state index contributed by atoms with van der Waals surface area (Å²) < 4.78 is 5.73. The fourth-order valence-corrected chi connectivity index (χ4v) is 2.50. The van der Waals surface area contributed by atoms with E-state index in [1.807, 2.05) is 24.3 Å². The largest absolute Gasteiger partial charge is 0.493 e. The molecule has 26 heavy (non-hydrogen) atoms. The zero-order chi connectivity index (χ0) is 18.9. The van der Waals surface area contributed by atoms with Crippen molar-refractivity contribution in [3.63, 3.8) is 0 Å². The summed E-state index contributed by atoms with van der Waals surface area (Å²) in [6.45, 7) is 2.65. The Morgan fingerprint density at radius 2 is 2.00 bits per heavy atom. The van der Waals surface area contributed by atoms with Gasteiger partial charge in [0.25, 0.3) is 5.91 Å². The van der Waals surface area contributed by atoms with Crippen LogP contribution in [-0.2, 0) is 4.79 Å². The van der Waals surface area contributed by atoms with Gasteiger partial charge in [-0.2, -0.15) is 5.26 Å². The van der Waals surface area contributed by atoms with Crippen molar-refractivity contribution in [1.29, 1.82) is 5.26 Å². The van der Waals surface area contributed by atoms with Crippen LogP contribution in [-0.4, -0.2) is 12.5 Å². The van der Waals surface area contributed by atoms with Crippen LogP contribution in [0, 0.1) is 11.3 Å². The number of unbranched alkanes of at least 4 members (excludes halogenated alkanes) is 1. The molecule has 6 heteroatoms. The van der Waals surface area contributed by atoms with Crippen LogP contribution in [0.25, 0.3) is 6.08 Å². The number of ether oxygens (including phenoxy) is 1. The van der Waals surface area contributed by atoms with Crippen LogP contribution in [0.2, 0.25) is 10.0 Å². The minimum atomic E-state index is -0.569. The molecule has 2 aromatic rings. The highest BCUT2D eigenvalue weighted by molar-refractivity contribution is 6.44. The number of carbonyl (C=O) groups is 1. The van der Waals surface area contributed by atoms with Gasteiger partial charge in [-0.25, -0.2) is 0 Å². The van der Waals surface area contributed by atoms with E-state index in [1.54, 1.807) is 24.3 Å². The highest BCUT2D eigenvalue weighted by atomic mass is 35.5. The molecule has 0 aliphatic heterocycles. The van der Waals surface area contributed by atoms with Crippen molar-refractivity contribution >= 4 is 40.9 Å². The molecule has 0 heterocycles. The van der Waals surface area contributed by atoms with E-state index in [0.717, 1.165) is 12.8 Å². The Morgan fingerprint density at radius 1 is 1.23 bits per heavy atom. The third-order valence-electron chi connectivity index (χ3n) is 3.54. The standard InChI is InChI=1S/C20H18Cl2N2O2/c1-2-3-11-26-18-10-5-4-7-14(18)12-15(13-23)20(25)24-17-9-6-8-16(21)19(17)22/h4-10,12H,2-3,11H2,1H3,(H,24,25)/b15-12+. The zero-order valence-electron chi connectivity index (χ0n) is 14.3. The van der Waals surface area contributed by atoms with Gasteiger partial charge in [0.2, 0.25) is 0 Å². The van der Waals surface area contributed by atoms with E-state index in [9.17, 15) is 10.1 Å². The molecule has 0 saturated carbocycles. The predicted octanol–water partition coefficient (Wildman–Crippen LogP) is 5.72. The molecule has 1 N–H and O–H groups in total. The lowest BCUT2D eigenvalue weighted by Crippen LogP contribution is -2.14. The second kappa shape index (κ2) is 9.86. The lowest BCUT2D eigenvalue weighted by atomic mass is 10.1. The second-order valence-electron chi connectivity index (χ2n) is 5.47. The molecule has 1 amide bonds. The fourth-order valence-electron chi connectivity index (χ4n) is 2.15. The van der Waals surface area contributed by atoms with Crippen molar-refractivity contribution in [3.8, 4) is 11.8 Å². The molecule has 0 aliphatic carbocycles. The lowest BCUT2D eigenvalue weighted by Gasteiger charge is -2.10. The number of rotatable bonds is 7. The summed E-state index contributed by atoms with van der Waals surface area (Å²) in [6, 6.07) is 14.1. The van der Waals surface area contributed by atoms with E-state index < -0.39 is 5.91 Å². The molecule has 0 aliphatic rings. The van der Waals surface area contributed by atoms with Gasteiger partial charge < -0.3 is 10.1 Å². The summed E-state index contributed by atoms with van der Waals surface area (Å²) in [4.78, 5) is 12.4. The number of amides is 1. The van der Waals surface area contributed by atoms with Crippen LogP contribution in [0.3, 0.4) is 0 Å². The fraction of sp³-hybridized carbons (Fsp3) is 0.200. The average molecular weight is 389 g/mol. The summed E-state index contributed by atoms with van der Waals surface area (Å²) in [5.41, 5.74) is 0.942. The van der Waals surface area contributed by atoms with Gasteiger partial charge in [0.05, 0.1) is 22.3 Å². The highest BCUT2D eigenvalue weighted by Gasteiger charge is 2.13. The maximum absolute atomic E-state index is 12.4. The van der Waals surface area contributed by atoms with Gasteiger partial charge in [0, 0.05) is 5.56 Å². The molecule has 2 rings (SSSR count). The number of benzene rings is 2. The Bertz CT molecular complexity index is 857. The van der Waals surface area contributed by atoms with Gasteiger partial charge in [-0.3, -0.25) is 4.79 Å². The number of halogens is 2. The molecule has 134 valence electrons. The van der Waals surface area contributed by atoms with Crippen LogP contribution in [0.1, 0.15) is 25.3 Å². The van der Waals surface area contributed by atoms with E-state index in [-0.39, 0.29) is 10.6 Å². The van der Waals surface area contributed by atoms with Crippen molar-refractivity contribution in [2.75, 3.05) is 11.9 Å². The molecule has 0 unspecified atom stereocenters. The van der Waals surface area contributed by atoms with E-state index in [0.29, 0.717) is 28.6 Å². The number of nitrogens with one attached hydrogen (secondary N) is 1. The van der Waals surface area contributed by atoms with Crippen molar-refractivity contribution < 1.29 is 9.53 Å². The number of nitrogens with zero attached hydrogens (tertiary/aromatic N) is 1. The SMILES string of the molecule is CCCCOc1ccccc1/C=C(\C#N)C(=O)Nc1cccc(Cl)c1Cl. The molecule has 0 atom stereocenters. The minimum Gasteiger partial charge on any atom is -0.493 e. The van der Waals surface area contributed by atoms with Gasteiger partial charge >= 0.3 is 0 Å². The predicted molar refractivity (Wildman–Crippen MR) is 106 cm³/mol. The summed E-state index contributed by atoms with van der Waals surface area (Å²) in [7, 11) is 0. The first-order valence-corrected chi connectivity index (χ1v) is 8.91. The van der Waals surface area contributed by atoms with E-state index in [2.05, 4.69) is 12.2 Å². The summed E-state index contributed by atoms with van der Waals surface area (Å²) in [5, 5.41) is 12.5. The van der Waals surface area contributed by atoms with Gasteiger partial charge in [0.1, 0.15) is 17.4 Å². The maximum Gasteiger partial charge on any atom is 0.266 e. The Hall–Kier alpha value is -2.48. The van der Waals surface area contributed by atoms with E-state index in [1.165, 1.54) is 6.08 Å². The third-order valence-corrected chi connectivity index (χ3v) is 4.36. The third kappa shape index (κ3) is 5.26. The summed E-state index contributed by atoms with van der Waals surface area (Å²) in [6.07, 6.45) is 3.44. The number of carbonyl (C=O) groups excluding carboxylic acids is 1. The molecular formula is C20H18Cl2N2O2. The molecule has 0 fully saturated rings. The number of hydrogen-bond donors (Lipinski definition) is 1. The van der Waals surface area contributed by atoms with Crippen molar-refractivity contribution in [2.24, 2.45) is 0 Å². The van der Waals surface area contributed by atoms with Crippen molar-refractivity contribution in [3.05, 3.63) is 63.6 Å². The molecule has 0 spiro atoms. The lowest BCUT2D eigenvalue weighted by molar-refractivity contribution is -0.112. The van der Waals surface area contributed by atoms with Crippen LogP contribution in [0.15, 0.2) is 48.0 Å². The average Bonchev–Trinajstić information content (AvgIpc) is 2.64. The van der Waals surface area contributed by atoms with Crippen molar-refractivity contribution in [1.82, 2.24) is 0 Å². The second-order valence-corrected chi connectivity index (χ2v) is 6.25. The number of para-hydroxylation sites is 1. The summed E-state index contributed by atoms with van der Waals surface area (Å²) >= 11 is 12.0. The van der Waals surface area contributed by atoms with Crippen LogP contribution < -0.4 is 10.1 Å². The van der Waals surface area contributed by atoms with Crippen LogP contribution >= 0.6 is 23.2 Å². The monoisotopic (exact) mass is 388 g/mol. The van der Waals surface area contributed by atoms with Gasteiger partial charge in [-0.05, 0) is 30.7 Å². The van der Waals surface area contributed by atoms with Gasteiger partial charge in [-0.15, -0.1) is 0 Å². The molecule has 2 aromatic carbocycles. The molecule has 4 nitrogen and oxygen atoms in total. The molecule has 0 saturated heterocycles. The molecule has 0 radical (unpaired) electrons. The Kier molecular flexibility index (Phi) is 7.53. The first kappa shape index (κ1) is 19.8. The topological polar surface area (TPSA) is 62.1 Å². The first-order valence-electron chi connectivity index (χ1n) is 8.15. The Labute approximate surface area is 163 Å². The number of hydrogen-bond acceptors (Lipinski definition) is 3. The van der Waals surface area contributed by atoms with Gasteiger partial charge in [-0.1, -0.05) is 60.8 Å². The Morgan fingerprint density at radius 3 is 2.73 bits per heavy atom. The minimum absolute atomic E-state index is 0.0624. The van der Waals surface area contributed by atoms with Gasteiger partial charge in [0.15, 0.2) is 0 Å². The van der Waals surface area contributed by atoms with Crippen LogP contribution in [0.5, 0.6) is 5.75 Å². The normalized spacial score (nSPS) is 10.9. The maximum atomic E-state index is 12.4. The quantitative estimate of drug-likeness (QED) is 0.374. The molecule has 0 bridgehead atoms. The number of anilines is 1. The van der Waals surface area contributed by atoms with Crippen LogP contribution in [0.4, 0.5) is 5.69 Å². The van der Waals surface area contributed by atoms with E-state index >= 15 is 0 Å². The molecular weight excluding hydrogens is 371 g/mol. The molecule has 0 aromatic heterocycles. The van der Waals surface area contributed by atoms with Crippen molar-refractivity contribution in [2.45, 2.75) is 19.8 Å². The first-order chi connectivity index (χ1) is 12.6. The zero-order valence-corrected chi connectivity index (χ0v) is 15.8. The smallest absolute Gasteiger partial charge is 0.266 e.